The summed E-state index contributed by atoms with van der Waals surface area (Å²) in [6.07, 6.45) is 12.1. The quantitative estimate of drug-likeness (QED) is 0.592. The molecule has 2 bridgehead atoms. The smallest absolute Gasteiger partial charge is 0.142 e. The number of hydrogen-bond acceptors (Lipinski definition) is 2. The minimum atomic E-state index is -1.33. The minimum Gasteiger partial charge on any atom is -0.496 e. The zero-order valence-corrected chi connectivity index (χ0v) is 17.3. The van der Waals surface area contributed by atoms with Gasteiger partial charge in [-0.2, -0.15) is 0 Å². The number of fused-ring (bicyclic) bond motifs is 2. The lowest BCUT2D eigenvalue weighted by molar-refractivity contribution is 0.00233. The summed E-state index contributed by atoms with van der Waals surface area (Å²) in [6.45, 7) is 1.70. The summed E-state index contributed by atoms with van der Waals surface area (Å²) in [5.74, 6) is 2.28. The summed E-state index contributed by atoms with van der Waals surface area (Å²) in [7, 11) is 1.61. The molecule has 0 radical (unpaired) electrons. The third kappa shape index (κ3) is 4.00. The van der Waals surface area contributed by atoms with Crippen LogP contribution in [-0.4, -0.2) is 31.1 Å². The van der Waals surface area contributed by atoms with Crippen LogP contribution in [0.15, 0.2) is 18.2 Å². The fourth-order valence-electron chi connectivity index (χ4n) is 6.06. The number of nitrogens with zero attached hydrogens (tertiary/aromatic N) is 1. The third-order valence-electron chi connectivity index (χ3n) is 7.42. The molecule has 4 rings (SSSR count). The zero-order chi connectivity index (χ0) is 18.9. The maximum atomic E-state index is 16.0. The van der Waals surface area contributed by atoms with Gasteiger partial charge in [-0.15, -0.1) is 0 Å². The molecule has 27 heavy (non-hydrogen) atoms. The molecule has 0 unspecified atom stereocenters. The fraction of sp³-hybridized carbons (Fsp3) is 0.739. The van der Waals surface area contributed by atoms with Gasteiger partial charge in [-0.3, -0.25) is 4.90 Å². The van der Waals surface area contributed by atoms with Crippen molar-refractivity contribution in [3.05, 3.63) is 28.8 Å². The zero-order valence-electron chi connectivity index (χ0n) is 16.6. The number of rotatable bonds is 3. The average Bonchev–Trinajstić information content (AvgIpc) is 3.01. The fourth-order valence-corrected chi connectivity index (χ4v) is 6.23. The molecule has 2 saturated carbocycles. The van der Waals surface area contributed by atoms with Gasteiger partial charge in [0.05, 0.1) is 7.11 Å². The highest BCUT2D eigenvalue weighted by Gasteiger charge is 2.43. The number of methoxy groups -OCH3 is 1. The standard InChI is InChI=1S/C23H33ClFNO/c1-27-21-11-10-19(24)16-20(21)23(25)12-14-26(15-13-23)22-17-6-2-3-7-18(22)9-5-4-8-17/h10-11,16-18,22H,2-9,12-15H2,1H3. The van der Waals surface area contributed by atoms with Gasteiger partial charge < -0.3 is 4.74 Å². The molecular formula is C23H33ClFNO. The number of ether oxygens (including phenoxy) is 1. The van der Waals surface area contributed by atoms with Crippen LogP contribution in [-0.2, 0) is 5.67 Å². The molecule has 0 spiro atoms. The Morgan fingerprint density at radius 2 is 1.56 bits per heavy atom. The van der Waals surface area contributed by atoms with E-state index >= 15 is 4.39 Å². The Hall–Kier alpha value is -0.800. The minimum absolute atomic E-state index is 0.541. The third-order valence-corrected chi connectivity index (χ3v) is 7.66. The second-order valence-electron chi connectivity index (χ2n) is 8.93. The average molecular weight is 394 g/mol. The Labute approximate surface area is 168 Å². The van der Waals surface area contributed by atoms with E-state index in [0.717, 1.165) is 24.9 Å². The van der Waals surface area contributed by atoms with Crippen molar-refractivity contribution in [2.45, 2.75) is 75.9 Å². The first-order valence-electron chi connectivity index (χ1n) is 10.9. The van der Waals surface area contributed by atoms with Gasteiger partial charge >= 0.3 is 0 Å². The molecule has 3 aliphatic rings. The van der Waals surface area contributed by atoms with Crippen molar-refractivity contribution in [1.82, 2.24) is 4.90 Å². The van der Waals surface area contributed by atoms with E-state index in [9.17, 15) is 0 Å². The molecule has 1 aliphatic heterocycles. The molecule has 0 atom stereocenters. The largest absolute Gasteiger partial charge is 0.496 e. The van der Waals surface area contributed by atoms with Crippen LogP contribution < -0.4 is 4.74 Å². The number of likely N-dealkylation sites (tertiary alicyclic amines) is 1. The maximum absolute atomic E-state index is 16.0. The lowest BCUT2D eigenvalue weighted by Gasteiger charge is -2.45. The van der Waals surface area contributed by atoms with E-state index < -0.39 is 5.67 Å². The highest BCUT2D eigenvalue weighted by Crippen LogP contribution is 2.46. The summed E-state index contributed by atoms with van der Waals surface area (Å²) >= 11 is 6.17. The van der Waals surface area contributed by atoms with Crippen molar-refractivity contribution in [2.24, 2.45) is 11.8 Å². The van der Waals surface area contributed by atoms with Crippen LogP contribution in [0.4, 0.5) is 4.39 Å². The van der Waals surface area contributed by atoms with Gasteiger partial charge in [-0.05, 0) is 68.6 Å². The molecule has 4 heteroatoms. The van der Waals surface area contributed by atoms with Crippen LogP contribution in [0.2, 0.25) is 5.02 Å². The van der Waals surface area contributed by atoms with Gasteiger partial charge in [-0.25, -0.2) is 4.39 Å². The number of alkyl halides is 1. The Balaban J connectivity index is 1.52. The predicted octanol–water partition coefficient (Wildman–Crippen LogP) is 6.36. The van der Waals surface area contributed by atoms with E-state index in [2.05, 4.69) is 4.90 Å². The van der Waals surface area contributed by atoms with Gasteiger partial charge in [0.15, 0.2) is 0 Å². The lowest BCUT2D eigenvalue weighted by atomic mass is 9.80. The van der Waals surface area contributed by atoms with E-state index in [1.165, 1.54) is 51.4 Å². The highest BCUT2D eigenvalue weighted by molar-refractivity contribution is 6.30. The van der Waals surface area contributed by atoms with Crippen molar-refractivity contribution in [1.29, 1.82) is 0 Å². The van der Waals surface area contributed by atoms with E-state index in [-0.39, 0.29) is 0 Å². The van der Waals surface area contributed by atoms with Crippen molar-refractivity contribution in [3.63, 3.8) is 0 Å². The Bertz CT molecular complexity index is 615. The SMILES string of the molecule is COc1ccc(Cl)cc1C1(F)CCN(C2C3CCCCC2CCCC3)CC1. The van der Waals surface area contributed by atoms with Crippen molar-refractivity contribution >= 4 is 11.6 Å². The normalized spacial score (nSPS) is 31.7. The highest BCUT2D eigenvalue weighted by atomic mass is 35.5. The number of piperidine rings is 1. The van der Waals surface area contributed by atoms with Crippen molar-refractivity contribution in [2.75, 3.05) is 20.2 Å². The summed E-state index contributed by atoms with van der Waals surface area (Å²) in [4.78, 5) is 2.65. The van der Waals surface area contributed by atoms with E-state index in [0.29, 0.717) is 35.2 Å². The van der Waals surface area contributed by atoms with Gasteiger partial charge in [0.1, 0.15) is 11.4 Å². The van der Waals surface area contributed by atoms with Crippen LogP contribution in [0.5, 0.6) is 5.75 Å². The molecule has 1 saturated heterocycles. The van der Waals surface area contributed by atoms with Crippen LogP contribution in [0.3, 0.4) is 0 Å². The molecule has 0 amide bonds. The topological polar surface area (TPSA) is 12.5 Å². The predicted molar refractivity (Wildman–Crippen MR) is 109 cm³/mol. The van der Waals surface area contributed by atoms with E-state index in [4.69, 9.17) is 16.3 Å². The molecule has 1 aromatic rings. The number of hydrogen-bond donors (Lipinski definition) is 0. The van der Waals surface area contributed by atoms with Gasteiger partial charge in [-0.1, -0.05) is 37.3 Å². The molecule has 1 heterocycles. The molecule has 0 aromatic heterocycles. The molecule has 150 valence electrons. The first kappa shape index (κ1) is 19.5. The van der Waals surface area contributed by atoms with E-state index in [1.807, 2.05) is 0 Å². The molecule has 2 aliphatic carbocycles. The van der Waals surface area contributed by atoms with Crippen LogP contribution in [0.25, 0.3) is 0 Å². The van der Waals surface area contributed by atoms with Crippen molar-refractivity contribution in [3.8, 4) is 5.75 Å². The first-order valence-corrected chi connectivity index (χ1v) is 11.3. The number of halogens is 2. The monoisotopic (exact) mass is 393 g/mol. The second kappa shape index (κ2) is 8.29. The maximum Gasteiger partial charge on any atom is 0.142 e. The second-order valence-corrected chi connectivity index (χ2v) is 9.36. The summed E-state index contributed by atoms with van der Waals surface area (Å²) < 4.78 is 21.4. The Morgan fingerprint density at radius 1 is 1.00 bits per heavy atom. The van der Waals surface area contributed by atoms with Crippen LogP contribution in [0.1, 0.15) is 69.8 Å². The van der Waals surface area contributed by atoms with Crippen LogP contribution in [0, 0.1) is 11.8 Å². The van der Waals surface area contributed by atoms with E-state index in [1.54, 1.807) is 25.3 Å². The summed E-state index contributed by atoms with van der Waals surface area (Å²) in [5, 5.41) is 0.583. The van der Waals surface area contributed by atoms with Crippen molar-refractivity contribution < 1.29 is 9.13 Å². The van der Waals surface area contributed by atoms with Gasteiger partial charge in [0.2, 0.25) is 0 Å². The number of benzene rings is 1. The lowest BCUT2D eigenvalue weighted by Crippen LogP contribution is -2.50. The first-order chi connectivity index (χ1) is 13.1. The molecule has 1 aromatic carbocycles. The molecular weight excluding hydrogens is 361 g/mol. The molecule has 0 N–H and O–H groups in total. The molecule has 2 nitrogen and oxygen atoms in total. The summed E-state index contributed by atoms with van der Waals surface area (Å²) in [6, 6.07) is 6.02. The Morgan fingerprint density at radius 3 is 2.07 bits per heavy atom. The molecule has 3 fully saturated rings. The summed E-state index contributed by atoms with van der Waals surface area (Å²) in [5.41, 5.74) is -0.696. The van der Waals surface area contributed by atoms with Gasteiger partial charge in [0.25, 0.3) is 0 Å². The van der Waals surface area contributed by atoms with Gasteiger partial charge in [0, 0.05) is 29.7 Å². The Kier molecular flexibility index (Phi) is 5.99. The van der Waals surface area contributed by atoms with Crippen LogP contribution >= 0.6 is 11.6 Å².